The Morgan fingerprint density at radius 2 is 1.73 bits per heavy atom. The molecule has 0 spiro atoms. The zero-order valence-corrected chi connectivity index (χ0v) is 18.6. The Morgan fingerprint density at radius 3 is 2.39 bits per heavy atom. The number of nitrogens with two attached hydrogens (primary N) is 1. The second-order valence-corrected chi connectivity index (χ2v) is 8.83. The summed E-state index contributed by atoms with van der Waals surface area (Å²) < 4.78 is 29.8. The molecule has 0 fully saturated rings. The minimum atomic E-state index is -3.76. The summed E-state index contributed by atoms with van der Waals surface area (Å²) in [6, 6.07) is 24.8. The largest absolute Gasteiger partial charge is 0.497 e. The van der Waals surface area contributed by atoms with E-state index < -0.39 is 10.0 Å². The van der Waals surface area contributed by atoms with Gasteiger partial charge in [0.2, 0.25) is 10.0 Å². The van der Waals surface area contributed by atoms with Gasteiger partial charge in [-0.3, -0.25) is 4.79 Å². The summed E-state index contributed by atoms with van der Waals surface area (Å²) in [4.78, 5) is 12.9. The lowest BCUT2D eigenvalue weighted by atomic mass is 10.1. The maximum atomic E-state index is 12.9. The molecule has 0 bridgehead atoms. The van der Waals surface area contributed by atoms with Gasteiger partial charge in [0.25, 0.3) is 5.91 Å². The lowest BCUT2D eigenvalue weighted by Crippen LogP contribution is -2.23. The maximum absolute atomic E-state index is 12.9. The number of nitrogens with zero attached hydrogens (tertiary/aromatic N) is 2. The summed E-state index contributed by atoms with van der Waals surface area (Å²) in [5, 5.41) is 12.5. The van der Waals surface area contributed by atoms with Gasteiger partial charge in [0.05, 0.1) is 23.4 Å². The Balaban J connectivity index is 1.61. The molecule has 0 saturated heterocycles. The molecule has 0 aliphatic heterocycles. The van der Waals surface area contributed by atoms with Crippen LogP contribution in [0.15, 0.2) is 89.8 Å². The van der Waals surface area contributed by atoms with E-state index in [0.29, 0.717) is 5.75 Å². The lowest BCUT2D eigenvalue weighted by Gasteiger charge is -2.08. The van der Waals surface area contributed by atoms with Gasteiger partial charge in [0, 0.05) is 12.1 Å². The highest BCUT2D eigenvalue weighted by Gasteiger charge is 2.17. The number of carbonyl (C=O) groups excluding carboxylic acids is 1. The Labute approximate surface area is 191 Å². The number of benzene rings is 3. The van der Waals surface area contributed by atoms with Crippen molar-refractivity contribution >= 4 is 15.9 Å². The molecule has 9 heteroatoms. The van der Waals surface area contributed by atoms with Crippen LogP contribution in [-0.4, -0.2) is 31.2 Å². The average Bonchev–Trinajstić information content (AvgIpc) is 3.28. The number of para-hydroxylation sites is 1. The molecule has 0 radical (unpaired) electrons. The predicted molar refractivity (Wildman–Crippen MR) is 125 cm³/mol. The van der Waals surface area contributed by atoms with Crippen molar-refractivity contribution in [2.75, 3.05) is 7.11 Å². The minimum Gasteiger partial charge on any atom is -0.497 e. The molecule has 4 rings (SSSR count). The van der Waals surface area contributed by atoms with Crippen LogP contribution in [0.25, 0.3) is 16.9 Å². The van der Waals surface area contributed by atoms with Crippen LogP contribution >= 0.6 is 0 Å². The van der Waals surface area contributed by atoms with Crippen molar-refractivity contribution in [3.8, 4) is 22.7 Å². The highest BCUT2D eigenvalue weighted by Crippen LogP contribution is 2.27. The van der Waals surface area contributed by atoms with E-state index in [1.165, 1.54) is 12.1 Å². The molecule has 0 unspecified atom stereocenters. The van der Waals surface area contributed by atoms with Gasteiger partial charge < -0.3 is 10.1 Å². The molecule has 0 aliphatic carbocycles. The van der Waals surface area contributed by atoms with E-state index in [1.807, 2.05) is 54.6 Å². The normalized spacial score (nSPS) is 11.2. The van der Waals surface area contributed by atoms with Gasteiger partial charge in [-0.15, -0.1) is 0 Å². The number of nitrogens with one attached hydrogen (secondary N) is 1. The SMILES string of the molecule is COc1cccc(-c2cc(C(=O)NCc3ccc(S(N)(=O)=O)cc3)nn2-c2ccccc2)c1. The monoisotopic (exact) mass is 462 g/mol. The highest BCUT2D eigenvalue weighted by molar-refractivity contribution is 7.89. The molecule has 3 N–H and O–H groups in total. The molecule has 3 aromatic carbocycles. The van der Waals surface area contributed by atoms with E-state index in [-0.39, 0.29) is 23.0 Å². The van der Waals surface area contributed by atoms with Gasteiger partial charge in [-0.2, -0.15) is 5.10 Å². The summed E-state index contributed by atoms with van der Waals surface area (Å²) in [5.41, 5.74) is 3.38. The molecule has 1 aromatic heterocycles. The maximum Gasteiger partial charge on any atom is 0.272 e. The fraction of sp³-hybridized carbons (Fsp3) is 0.0833. The Morgan fingerprint density at radius 1 is 1.00 bits per heavy atom. The van der Waals surface area contributed by atoms with E-state index in [4.69, 9.17) is 9.88 Å². The second-order valence-electron chi connectivity index (χ2n) is 7.27. The van der Waals surface area contributed by atoms with Crippen molar-refractivity contribution in [1.29, 1.82) is 0 Å². The number of primary sulfonamides is 1. The summed E-state index contributed by atoms with van der Waals surface area (Å²) >= 11 is 0. The van der Waals surface area contributed by atoms with Gasteiger partial charge in [-0.25, -0.2) is 18.2 Å². The Hall–Kier alpha value is -3.95. The average molecular weight is 463 g/mol. The molecule has 4 aromatic rings. The molecule has 0 saturated carbocycles. The fourth-order valence-electron chi connectivity index (χ4n) is 3.32. The third-order valence-electron chi connectivity index (χ3n) is 5.01. The lowest BCUT2D eigenvalue weighted by molar-refractivity contribution is 0.0945. The zero-order chi connectivity index (χ0) is 23.4. The molecular formula is C24H22N4O4S. The molecular weight excluding hydrogens is 440 g/mol. The van der Waals surface area contributed by atoms with Crippen LogP contribution in [0.4, 0.5) is 0 Å². The van der Waals surface area contributed by atoms with E-state index in [0.717, 1.165) is 22.5 Å². The first kappa shape index (κ1) is 22.3. The van der Waals surface area contributed by atoms with E-state index in [1.54, 1.807) is 30.0 Å². The minimum absolute atomic E-state index is 0.0158. The zero-order valence-electron chi connectivity index (χ0n) is 17.8. The molecule has 0 atom stereocenters. The van der Waals surface area contributed by atoms with E-state index in [2.05, 4.69) is 10.4 Å². The van der Waals surface area contributed by atoms with Crippen molar-refractivity contribution < 1.29 is 17.9 Å². The van der Waals surface area contributed by atoms with Crippen LogP contribution in [0.2, 0.25) is 0 Å². The molecule has 168 valence electrons. The first-order chi connectivity index (χ1) is 15.8. The van der Waals surface area contributed by atoms with Crippen LogP contribution in [0.1, 0.15) is 16.1 Å². The first-order valence-electron chi connectivity index (χ1n) is 10.0. The number of sulfonamides is 1. The molecule has 0 aliphatic rings. The highest BCUT2D eigenvalue weighted by atomic mass is 32.2. The molecule has 1 heterocycles. The summed E-state index contributed by atoms with van der Waals surface area (Å²) in [7, 11) is -2.16. The van der Waals surface area contributed by atoms with Crippen molar-refractivity contribution in [3.05, 3.63) is 96.2 Å². The molecule has 8 nitrogen and oxygen atoms in total. The van der Waals surface area contributed by atoms with Gasteiger partial charge >= 0.3 is 0 Å². The van der Waals surface area contributed by atoms with Crippen molar-refractivity contribution in [3.63, 3.8) is 0 Å². The third kappa shape index (κ3) is 5.11. The van der Waals surface area contributed by atoms with E-state index in [9.17, 15) is 13.2 Å². The van der Waals surface area contributed by atoms with Crippen molar-refractivity contribution in [2.24, 2.45) is 5.14 Å². The first-order valence-corrected chi connectivity index (χ1v) is 11.6. The van der Waals surface area contributed by atoms with Gasteiger partial charge in [0.1, 0.15) is 5.75 Å². The Bertz CT molecular complexity index is 1380. The number of rotatable bonds is 7. The smallest absolute Gasteiger partial charge is 0.272 e. The number of amides is 1. The predicted octanol–water partition coefficient (Wildman–Crippen LogP) is 3.13. The van der Waals surface area contributed by atoms with Gasteiger partial charge in [0.15, 0.2) is 5.69 Å². The number of ether oxygens (including phenoxy) is 1. The van der Waals surface area contributed by atoms with Crippen LogP contribution in [-0.2, 0) is 16.6 Å². The number of hydrogen-bond acceptors (Lipinski definition) is 5. The second kappa shape index (κ2) is 9.27. The molecule has 1 amide bonds. The van der Waals surface area contributed by atoms with Crippen LogP contribution < -0.4 is 15.2 Å². The number of aromatic nitrogens is 2. The van der Waals surface area contributed by atoms with Gasteiger partial charge in [-0.1, -0.05) is 42.5 Å². The summed E-state index contributed by atoms with van der Waals surface area (Å²) in [5.74, 6) is 0.339. The summed E-state index contributed by atoms with van der Waals surface area (Å²) in [6.07, 6.45) is 0. The van der Waals surface area contributed by atoms with Crippen molar-refractivity contribution in [1.82, 2.24) is 15.1 Å². The van der Waals surface area contributed by atoms with Crippen LogP contribution in [0.5, 0.6) is 5.75 Å². The number of hydrogen-bond donors (Lipinski definition) is 2. The standard InChI is InChI=1S/C24H22N4O4S/c1-32-20-9-5-6-18(14-20)23-15-22(27-28(23)19-7-3-2-4-8-19)24(29)26-16-17-10-12-21(13-11-17)33(25,30)31/h2-15H,16H2,1H3,(H,26,29)(H2,25,30,31). The summed E-state index contributed by atoms with van der Waals surface area (Å²) in [6.45, 7) is 0.205. The fourth-order valence-corrected chi connectivity index (χ4v) is 3.83. The van der Waals surface area contributed by atoms with Crippen LogP contribution in [0.3, 0.4) is 0 Å². The Kier molecular flexibility index (Phi) is 6.25. The third-order valence-corrected chi connectivity index (χ3v) is 5.94. The number of carbonyl (C=O) groups is 1. The number of methoxy groups -OCH3 is 1. The quantitative estimate of drug-likeness (QED) is 0.438. The topological polar surface area (TPSA) is 116 Å². The molecule has 33 heavy (non-hydrogen) atoms. The van der Waals surface area contributed by atoms with Gasteiger partial charge in [-0.05, 0) is 48.0 Å². The van der Waals surface area contributed by atoms with Crippen molar-refractivity contribution in [2.45, 2.75) is 11.4 Å². The van der Waals surface area contributed by atoms with Crippen LogP contribution in [0, 0.1) is 0 Å². The van der Waals surface area contributed by atoms with E-state index >= 15 is 0 Å².